The average Bonchev–Trinajstić information content (AvgIpc) is 2.30. The van der Waals surface area contributed by atoms with E-state index in [2.05, 4.69) is 61.4 Å². The molecule has 1 nitrogen and oxygen atoms in total. The van der Waals surface area contributed by atoms with Gasteiger partial charge in [-0.25, -0.2) is 0 Å². The summed E-state index contributed by atoms with van der Waals surface area (Å²) in [5, 5.41) is 2.86. The Morgan fingerprint density at radius 2 is 1.62 bits per heavy atom. The van der Waals surface area contributed by atoms with E-state index < -0.39 is 8.07 Å². The predicted octanol–water partition coefficient (Wildman–Crippen LogP) is 2.21. The molecule has 0 bridgehead atoms. The molecule has 0 aliphatic heterocycles. The Balaban J connectivity index is 2.47. The molecule has 2 heteroatoms. The van der Waals surface area contributed by atoms with Crippen LogP contribution in [0.5, 0.6) is 0 Å². The molecule has 1 aromatic heterocycles. The summed E-state index contributed by atoms with van der Waals surface area (Å²) in [5.41, 5.74) is 1.24. The fraction of sp³-hybridized carbons (Fsp3) is 0.214. The third kappa shape index (κ3) is 2.07. The van der Waals surface area contributed by atoms with E-state index in [1.165, 1.54) is 15.9 Å². The van der Waals surface area contributed by atoms with Crippen LogP contribution in [0.4, 0.5) is 0 Å². The largest absolute Gasteiger partial charge is 0.265 e. The lowest BCUT2D eigenvalue weighted by molar-refractivity contribution is 1.28. The van der Waals surface area contributed by atoms with Gasteiger partial charge in [-0.1, -0.05) is 54.7 Å². The number of hydrogen-bond donors (Lipinski definition) is 0. The molecule has 1 aromatic carbocycles. The molecule has 0 radical (unpaired) electrons. The van der Waals surface area contributed by atoms with Gasteiger partial charge in [0.05, 0.1) is 0 Å². The summed E-state index contributed by atoms with van der Waals surface area (Å²) in [6, 6.07) is 13.0. The standard InChI is InChI=1S/C14H17NSi/c1-12-9-14(11-15-10-12)16(2,3)13-7-5-4-6-8-13/h4-11H,1-3H3. The van der Waals surface area contributed by atoms with Crippen molar-refractivity contribution in [2.75, 3.05) is 0 Å². The van der Waals surface area contributed by atoms with Crippen molar-refractivity contribution < 1.29 is 0 Å². The van der Waals surface area contributed by atoms with Gasteiger partial charge in [0.15, 0.2) is 0 Å². The van der Waals surface area contributed by atoms with Gasteiger partial charge in [-0.3, -0.25) is 4.98 Å². The smallest absolute Gasteiger partial charge is 0.114 e. The Hall–Kier alpha value is -1.41. The number of pyridine rings is 1. The quantitative estimate of drug-likeness (QED) is 0.717. The van der Waals surface area contributed by atoms with Crippen LogP contribution in [0.1, 0.15) is 5.56 Å². The maximum Gasteiger partial charge on any atom is 0.114 e. The lowest BCUT2D eigenvalue weighted by atomic mass is 10.3. The van der Waals surface area contributed by atoms with Crippen molar-refractivity contribution in [3.05, 3.63) is 54.4 Å². The first-order valence-electron chi connectivity index (χ1n) is 5.58. The molecule has 16 heavy (non-hydrogen) atoms. The van der Waals surface area contributed by atoms with Gasteiger partial charge in [0.2, 0.25) is 0 Å². The van der Waals surface area contributed by atoms with E-state index in [-0.39, 0.29) is 0 Å². The number of rotatable bonds is 2. The summed E-state index contributed by atoms with van der Waals surface area (Å²) in [5.74, 6) is 0. The van der Waals surface area contributed by atoms with Gasteiger partial charge in [-0.15, -0.1) is 0 Å². The van der Waals surface area contributed by atoms with Crippen molar-refractivity contribution in [1.82, 2.24) is 4.98 Å². The number of aryl methyl sites for hydroxylation is 1. The van der Waals surface area contributed by atoms with Crippen molar-refractivity contribution in [1.29, 1.82) is 0 Å². The molecule has 2 rings (SSSR count). The Kier molecular flexibility index (Phi) is 2.92. The topological polar surface area (TPSA) is 12.9 Å². The Labute approximate surface area is 98.2 Å². The Morgan fingerprint density at radius 3 is 2.25 bits per heavy atom. The van der Waals surface area contributed by atoms with Gasteiger partial charge in [-0.2, -0.15) is 0 Å². The van der Waals surface area contributed by atoms with Crippen LogP contribution in [-0.4, -0.2) is 13.1 Å². The first-order valence-corrected chi connectivity index (χ1v) is 8.58. The van der Waals surface area contributed by atoms with E-state index in [1.807, 2.05) is 12.4 Å². The Morgan fingerprint density at radius 1 is 0.938 bits per heavy atom. The number of nitrogens with zero attached hydrogens (tertiary/aromatic N) is 1. The van der Waals surface area contributed by atoms with Gasteiger partial charge >= 0.3 is 0 Å². The van der Waals surface area contributed by atoms with Gasteiger partial charge in [-0.05, 0) is 17.7 Å². The van der Waals surface area contributed by atoms with E-state index in [0.717, 1.165) is 0 Å². The third-order valence-corrected chi connectivity index (χ3v) is 6.59. The summed E-state index contributed by atoms with van der Waals surface area (Å²) in [4.78, 5) is 4.31. The first kappa shape index (κ1) is 11.1. The van der Waals surface area contributed by atoms with Crippen LogP contribution in [0.2, 0.25) is 13.1 Å². The van der Waals surface area contributed by atoms with Crippen molar-refractivity contribution in [2.45, 2.75) is 20.0 Å². The highest BCUT2D eigenvalue weighted by Gasteiger charge is 2.25. The van der Waals surface area contributed by atoms with Crippen LogP contribution in [0.15, 0.2) is 48.8 Å². The van der Waals surface area contributed by atoms with Gasteiger partial charge in [0.25, 0.3) is 0 Å². The molecular weight excluding hydrogens is 210 g/mol. The summed E-state index contributed by atoms with van der Waals surface area (Å²) in [6.45, 7) is 6.85. The zero-order chi connectivity index (χ0) is 11.6. The first-order chi connectivity index (χ1) is 7.60. The molecule has 0 spiro atoms. The summed E-state index contributed by atoms with van der Waals surface area (Å²) in [6.07, 6.45) is 3.94. The maximum absolute atomic E-state index is 4.31. The highest BCUT2D eigenvalue weighted by Crippen LogP contribution is 2.05. The second-order valence-electron chi connectivity index (χ2n) is 4.74. The molecule has 0 unspecified atom stereocenters. The van der Waals surface area contributed by atoms with Crippen LogP contribution in [0.3, 0.4) is 0 Å². The molecule has 0 N–H and O–H groups in total. The summed E-state index contributed by atoms with van der Waals surface area (Å²) in [7, 11) is -1.55. The minimum Gasteiger partial charge on any atom is -0.265 e. The van der Waals surface area contributed by atoms with Gasteiger partial charge < -0.3 is 0 Å². The molecule has 0 saturated heterocycles. The number of aromatic nitrogens is 1. The van der Waals surface area contributed by atoms with E-state index in [0.29, 0.717) is 0 Å². The molecule has 0 aliphatic rings. The molecule has 0 fully saturated rings. The van der Waals surface area contributed by atoms with Crippen molar-refractivity contribution in [3.8, 4) is 0 Å². The minimum absolute atomic E-state index is 1.24. The van der Waals surface area contributed by atoms with Gasteiger partial charge in [0, 0.05) is 12.4 Å². The zero-order valence-corrected chi connectivity index (χ0v) is 11.1. The highest BCUT2D eigenvalue weighted by molar-refractivity contribution is 7.00. The third-order valence-electron chi connectivity index (χ3n) is 3.09. The maximum atomic E-state index is 4.31. The van der Waals surface area contributed by atoms with E-state index in [1.54, 1.807) is 0 Å². The molecule has 0 atom stereocenters. The van der Waals surface area contributed by atoms with E-state index in [4.69, 9.17) is 0 Å². The summed E-state index contributed by atoms with van der Waals surface area (Å²) < 4.78 is 0. The molecule has 2 aromatic rings. The van der Waals surface area contributed by atoms with Crippen molar-refractivity contribution >= 4 is 18.4 Å². The van der Waals surface area contributed by atoms with Crippen LogP contribution < -0.4 is 10.4 Å². The van der Waals surface area contributed by atoms with Crippen molar-refractivity contribution in [3.63, 3.8) is 0 Å². The monoisotopic (exact) mass is 227 g/mol. The second-order valence-corrected chi connectivity index (χ2v) is 9.15. The zero-order valence-electron chi connectivity index (χ0n) is 10.1. The SMILES string of the molecule is Cc1cncc([Si](C)(C)c2ccccc2)c1. The molecule has 82 valence electrons. The molecule has 0 saturated carbocycles. The molecule has 0 aliphatic carbocycles. The molecular formula is C14H17NSi. The molecule has 1 heterocycles. The van der Waals surface area contributed by atoms with E-state index >= 15 is 0 Å². The lowest BCUT2D eigenvalue weighted by Gasteiger charge is -2.23. The number of hydrogen-bond acceptors (Lipinski definition) is 1. The average molecular weight is 227 g/mol. The fourth-order valence-corrected chi connectivity index (χ4v) is 4.26. The van der Waals surface area contributed by atoms with E-state index in [9.17, 15) is 0 Å². The Bertz CT molecular complexity index is 477. The van der Waals surface area contributed by atoms with Gasteiger partial charge in [0.1, 0.15) is 8.07 Å². The second kappa shape index (κ2) is 4.22. The van der Waals surface area contributed by atoms with Crippen molar-refractivity contribution in [2.24, 2.45) is 0 Å². The van der Waals surface area contributed by atoms with Crippen LogP contribution in [0.25, 0.3) is 0 Å². The van der Waals surface area contributed by atoms with Crippen LogP contribution in [0, 0.1) is 6.92 Å². The lowest BCUT2D eigenvalue weighted by Crippen LogP contribution is -2.53. The normalized spacial score (nSPS) is 11.4. The number of benzene rings is 1. The molecule has 0 amide bonds. The van der Waals surface area contributed by atoms with Crippen LogP contribution >= 0.6 is 0 Å². The summed E-state index contributed by atoms with van der Waals surface area (Å²) >= 11 is 0. The van der Waals surface area contributed by atoms with Crippen LogP contribution in [-0.2, 0) is 0 Å². The fourth-order valence-electron chi connectivity index (χ4n) is 1.92. The minimum atomic E-state index is -1.55. The predicted molar refractivity (Wildman–Crippen MR) is 72.2 cm³/mol. The highest BCUT2D eigenvalue weighted by atomic mass is 28.3.